The van der Waals surface area contributed by atoms with Crippen LogP contribution >= 0.6 is 0 Å². The Morgan fingerprint density at radius 2 is 2.33 bits per heavy atom. The molecule has 24 heavy (non-hydrogen) atoms. The average Bonchev–Trinajstić information content (AvgIpc) is 3.00. The van der Waals surface area contributed by atoms with E-state index in [1.165, 1.54) is 18.2 Å². The minimum Gasteiger partial charge on any atom is -0.464 e. The Balaban J connectivity index is 1.50. The topological polar surface area (TPSA) is 51.3 Å². The minimum atomic E-state index is -0.0781. The Hall–Kier alpha value is -2.30. The van der Waals surface area contributed by atoms with Gasteiger partial charge in [-0.15, -0.1) is 0 Å². The second kappa shape index (κ2) is 5.96. The van der Waals surface area contributed by atoms with Crippen LogP contribution in [0, 0.1) is 5.92 Å². The van der Waals surface area contributed by atoms with Crippen LogP contribution in [0.15, 0.2) is 35.4 Å². The summed E-state index contributed by atoms with van der Waals surface area (Å²) in [5.41, 5.74) is 2.38. The lowest BCUT2D eigenvalue weighted by molar-refractivity contribution is -0.127. The molecule has 2 aromatic rings. The number of nitrogens with zero attached hydrogens (tertiary/aromatic N) is 3. The predicted molar refractivity (Wildman–Crippen MR) is 90.2 cm³/mol. The molecule has 4 rings (SSSR count). The van der Waals surface area contributed by atoms with Gasteiger partial charge < -0.3 is 9.32 Å². The van der Waals surface area contributed by atoms with Gasteiger partial charge in [0.05, 0.1) is 12.7 Å². The third kappa shape index (κ3) is 2.79. The summed E-state index contributed by atoms with van der Waals surface area (Å²) in [4.78, 5) is 14.1. The van der Waals surface area contributed by atoms with Crippen molar-refractivity contribution < 1.29 is 9.21 Å². The molecule has 0 bridgehead atoms. The van der Waals surface area contributed by atoms with Crippen molar-refractivity contribution in [3.05, 3.63) is 53.8 Å². The molecule has 5 heteroatoms. The fourth-order valence-electron chi connectivity index (χ4n) is 3.59. The Kier molecular flexibility index (Phi) is 3.79. The molecule has 2 aliphatic rings. The number of aromatic nitrogens is 2. The Labute approximate surface area is 141 Å². The smallest absolute Gasteiger partial charge is 0.246 e. The maximum Gasteiger partial charge on any atom is 0.246 e. The molecule has 2 atom stereocenters. The van der Waals surface area contributed by atoms with Crippen LogP contribution < -0.4 is 0 Å². The predicted octanol–water partition coefficient (Wildman–Crippen LogP) is 3.26. The lowest BCUT2D eigenvalue weighted by Gasteiger charge is -2.20. The molecular weight excluding hydrogens is 302 g/mol. The summed E-state index contributed by atoms with van der Waals surface area (Å²) < 4.78 is 8.01. The standard InChI is InChI=1S/C19H23N3O2/c1-3-19(23)21(11-14-10-20-22-8-4-5-17(14)22)12-15-6-7-18(24-15)16-9-13(16)2/h3,6-7,10,13,16H,1,4-5,8-9,11-12H2,2H3. The van der Waals surface area contributed by atoms with E-state index in [4.69, 9.17) is 4.42 Å². The van der Waals surface area contributed by atoms with Gasteiger partial charge in [-0.1, -0.05) is 13.5 Å². The van der Waals surface area contributed by atoms with E-state index in [0.29, 0.717) is 24.9 Å². The Morgan fingerprint density at radius 3 is 3.08 bits per heavy atom. The van der Waals surface area contributed by atoms with Gasteiger partial charge in [0.25, 0.3) is 0 Å². The fraction of sp³-hybridized carbons (Fsp3) is 0.474. The molecule has 126 valence electrons. The zero-order chi connectivity index (χ0) is 16.7. The number of rotatable bonds is 6. The van der Waals surface area contributed by atoms with Gasteiger partial charge >= 0.3 is 0 Å². The number of carbonyl (C=O) groups excluding carboxylic acids is 1. The van der Waals surface area contributed by atoms with Crippen molar-refractivity contribution in [2.24, 2.45) is 5.92 Å². The van der Waals surface area contributed by atoms with Gasteiger partial charge in [0.15, 0.2) is 0 Å². The second-order valence-corrected chi connectivity index (χ2v) is 6.97. The summed E-state index contributed by atoms with van der Waals surface area (Å²) >= 11 is 0. The molecule has 2 aromatic heterocycles. The number of hydrogen-bond donors (Lipinski definition) is 0. The first-order valence-electron chi connectivity index (χ1n) is 8.69. The fourth-order valence-corrected chi connectivity index (χ4v) is 3.59. The average molecular weight is 325 g/mol. The van der Waals surface area contributed by atoms with Crippen molar-refractivity contribution in [3.8, 4) is 0 Å². The summed E-state index contributed by atoms with van der Waals surface area (Å²) in [6.07, 6.45) is 6.63. The van der Waals surface area contributed by atoms with E-state index >= 15 is 0 Å². The molecule has 1 fully saturated rings. The summed E-state index contributed by atoms with van der Waals surface area (Å²) in [7, 11) is 0. The van der Waals surface area contributed by atoms with Crippen LogP contribution in [0.1, 0.15) is 48.5 Å². The quantitative estimate of drug-likeness (QED) is 0.766. The molecule has 1 aliphatic carbocycles. The SMILES string of the molecule is C=CC(=O)N(Cc1ccc(C2CC2C)o1)Cc1cnn2c1CCC2. The lowest BCUT2D eigenvalue weighted by Crippen LogP contribution is -2.28. The lowest BCUT2D eigenvalue weighted by atomic mass is 10.2. The van der Waals surface area contributed by atoms with E-state index in [1.807, 2.05) is 16.9 Å². The Bertz CT molecular complexity index is 773. The zero-order valence-electron chi connectivity index (χ0n) is 14.1. The van der Waals surface area contributed by atoms with Crippen LogP contribution in [0.4, 0.5) is 0 Å². The van der Waals surface area contributed by atoms with Crippen LogP contribution in [-0.2, 0) is 30.8 Å². The van der Waals surface area contributed by atoms with E-state index < -0.39 is 0 Å². The summed E-state index contributed by atoms with van der Waals surface area (Å²) in [5.74, 6) is 3.08. The van der Waals surface area contributed by atoms with Crippen LogP contribution in [0.3, 0.4) is 0 Å². The monoisotopic (exact) mass is 325 g/mol. The van der Waals surface area contributed by atoms with Crippen molar-refractivity contribution in [1.29, 1.82) is 0 Å². The molecule has 2 unspecified atom stereocenters. The summed E-state index contributed by atoms with van der Waals surface area (Å²) in [6, 6.07) is 4.05. The number of fused-ring (bicyclic) bond motifs is 1. The summed E-state index contributed by atoms with van der Waals surface area (Å²) in [6.45, 7) is 7.87. The second-order valence-electron chi connectivity index (χ2n) is 6.97. The number of amides is 1. The highest BCUT2D eigenvalue weighted by Crippen LogP contribution is 2.47. The van der Waals surface area contributed by atoms with Crippen LogP contribution in [0.25, 0.3) is 0 Å². The number of furan rings is 1. The highest BCUT2D eigenvalue weighted by Gasteiger charge is 2.36. The maximum absolute atomic E-state index is 12.3. The van der Waals surface area contributed by atoms with Gasteiger partial charge in [-0.25, -0.2) is 0 Å². The van der Waals surface area contributed by atoms with Crippen LogP contribution in [-0.4, -0.2) is 20.6 Å². The summed E-state index contributed by atoms with van der Waals surface area (Å²) in [5, 5.41) is 4.42. The molecule has 3 heterocycles. The van der Waals surface area contributed by atoms with Crippen molar-refractivity contribution in [1.82, 2.24) is 14.7 Å². The molecule has 0 saturated heterocycles. The minimum absolute atomic E-state index is 0.0781. The van der Waals surface area contributed by atoms with Crippen molar-refractivity contribution in [2.75, 3.05) is 0 Å². The van der Waals surface area contributed by atoms with E-state index in [0.717, 1.165) is 36.5 Å². The molecule has 0 spiro atoms. The van der Waals surface area contributed by atoms with Gasteiger partial charge in [0.1, 0.15) is 11.5 Å². The molecular formula is C19H23N3O2. The molecule has 0 N–H and O–H groups in total. The number of aryl methyl sites for hydroxylation is 1. The number of hydrogen-bond acceptors (Lipinski definition) is 3. The van der Waals surface area contributed by atoms with Gasteiger partial charge in [-0.2, -0.15) is 5.10 Å². The first kappa shape index (κ1) is 15.2. The van der Waals surface area contributed by atoms with Crippen LogP contribution in [0.5, 0.6) is 0 Å². The highest BCUT2D eigenvalue weighted by molar-refractivity contribution is 5.86. The molecule has 1 amide bonds. The molecule has 0 aromatic carbocycles. The van der Waals surface area contributed by atoms with E-state index in [-0.39, 0.29) is 5.91 Å². The third-order valence-electron chi connectivity index (χ3n) is 5.17. The molecule has 1 saturated carbocycles. The largest absolute Gasteiger partial charge is 0.464 e. The van der Waals surface area contributed by atoms with E-state index in [1.54, 1.807) is 4.90 Å². The maximum atomic E-state index is 12.3. The normalized spacial score (nSPS) is 21.5. The van der Waals surface area contributed by atoms with Gasteiger partial charge in [0.2, 0.25) is 5.91 Å². The van der Waals surface area contributed by atoms with Crippen molar-refractivity contribution >= 4 is 5.91 Å². The zero-order valence-corrected chi connectivity index (χ0v) is 14.1. The molecule has 0 radical (unpaired) electrons. The van der Waals surface area contributed by atoms with Gasteiger partial charge in [-0.3, -0.25) is 9.48 Å². The van der Waals surface area contributed by atoms with Crippen molar-refractivity contribution in [3.63, 3.8) is 0 Å². The van der Waals surface area contributed by atoms with Gasteiger partial charge in [-0.05, 0) is 43.4 Å². The first-order valence-corrected chi connectivity index (χ1v) is 8.69. The number of carbonyl (C=O) groups is 1. The third-order valence-corrected chi connectivity index (χ3v) is 5.17. The van der Waals surface area contributed by atoms with E-state index in [2.05, 4.69) is 24.7 Å². The Morgan fingerprint density at radius 1 is 1.50 bits per heavy atom. The molecule has 5 nitrogen and oxygen atoms in total. The highest BCUT2D eigenvalue weighted by atomic mass is 16.3. The molecule has 1 aliphatic heterocycles. The van der Waals surface area contributed by atoms with E-state index in [9.17, 15) is 4.79 Å². The van der Waals surface area contributed by atoms with Gasteiger partial charge in [0, 0.05) is 30.3 Å². The van der Waals surface area contributed by atoms with Crippen LogP contribution in [0.2, 0.25) is 0 Å². The first-order chi connectivity index (χ1) is 11.7. The van der Waals surface area contributed by atoms with Crippen molar-refractivity contribution in [2.45, 2.75) is 51.7 Å².